The van der Waals surface area contributed by atoms with Crippen molar-refractivity contribution in [1.82, 2.24) is 0 Å². The SMILES string of the molecule is COC(=O)C1OC1(C)c1ccccc1. The number of esters is 1. The summed E-state index contributed by atoms with van der Waals surface area (Å²) in [5, 5.41) is 0. The van der Waals surface area contributed by atoms with Crippen molar-refractivity contribution in [3.05, 3.63) is 35.9 Å². The monoisotopic (exact) mass is 192 g/mol. The average molecular weight is 192 g/mol. The van der Waals surface area contributed by atoms with Gasteiger partial charge in [-0.15, -0.1) is 0 Å². The van der Waals surface area contributed by atoms with Gasteiger partial charge in [-0.2, -0.15) is 0 Å². The lowest BCUT2D eigenvalue weighted by Gasteiger charge is -2.04. The highest BCUT2D eigenvalue weighted by Crippen LogP contribution is 2.46. The van der Waals surface area contributed by atoms with Gasteiger partial charge in [0.2, 0.25) is 0 Å². The van der Waals surface area contributed by atoms with Crippen LogP contribution in [0.15, 0.2) is 30.3 Å². The highest BCUT2D eigenvalue weighted by Gasteiger charge is 2.59. The minimum Gasteiger partial charge on any atom is -0.467 e. The molecule has 0 saturated carbocycles. The first-order valence-electron chi connectivity index (χ1n) is 4.49. The Labute approximate surface area is 82.6 Å². The fourth-order valence-corrected chi connectivity index (χ4v) is 1.58. The van der Waals surface area contributed by atoms with Crippen LogP contribution in [0.25, 0.3) is 0 Å². The summed E-state index contributed by atoms with van der Waals surface area (Å²) >= 11 is 0. The first kappa shape index (κ1) is 9.21. The summed E-state index contributed by atoms with van der Waals surface area (Å²) in [6.45, 7) is 1.89. The summed E-state index contributed by atoms with van der Waals surface area (Å²) < 4.78 is 10.00. The molecule has 3 nitrogen and oxygen atoms in total. The van der Waals surface area contributed by atoms with Gasteiger partial charge in [0.1, 0.15) is 5.60 Å². The maximum atomic E-state index is 11.2. The second kappa shape index (κ2) is 3.10. The third-order valence-electron chi connectivity index (χ3n) is 2.57. The van der Waals surface area contributed by atoms with E-state index in [1.807, 2.05) is 37.3 Å². The van der Waals surface area contributed by atoms with Gasteiger partial charge in [0, 0.05) is 0 Å². The van der Waals surface area contributed by atoms with Gasteiger partial charge in [0.25, 0.3) is 0 Å². The van der Waals surface area contributed by atoms with E-state index in [0.29, 0.717) is 0 Å². The highest BCUT2D eigenvalue weighted by molar-refractivity contribution is 5.79. The second-order valence-corrected chi connectivity index (χ2v) is 3.49. The Hall–Kier alpha value is -1.35. The van der Waals surface area contributed by atoms with E-state index in [0.717, 1.165) is 5.56 Å². The molecule has 0 spiro atoms. The van der Waals surface area contributed by atoms with Gasteiger partial charge in [-0.3, -0.25) is 0 Å². The molecule has 0 aromatic heterocycles. The molecular formula is C11H12O3. The van der Waals surface area contributed by atoms with Crippen molar-refractivity contribution in [2.24, 2.45) is 0 Å². The molecule has 1 fully saturated rings. The summed E-state index contributed by atoms with van der Waals surface area (Å²) in [6, 6.07) is 9.68. The number of carbonyl (C=O) groups is 1. The second-order valence-electron chi connectivity index (χ2n) is 3.49. The molecule has 1 heterocycles. The maximum absolute atomic E-state index is 11.2. The summed E-state index contributed by atoms with van der Waals surface area (Å²) in [7, 11) is 1.37. The molecule has 0 amide bonds. The molecule has 0 N–H and O–H groups in total. The predicted octanol–water partition coefficient (Wildman–Crippen LogP) is 1.47. The molecule has 1 aromatic rings. The standard InChI is InChI=1S/C11H12O3/c1-11(8-6-4-3-5-7-8)9(14-11)10(12)13-2/h3-7,9H,1-2H3. The van der Waals surface area contributed by atoms with Gasteiger partial charge in [0.05, 0.1) is 7.11 Å². The molecule has 1 aromatic carbocycles. The van der Waals surface area contributed by atoms with Crippen molar-refractivity contribution in [3.8, 4) is 0 Å². The van der Waals surface area contributed by atoms with E-state index >= 15 is 0 Å². The summed E-state index contributed by atoms with van der Waals surface area (Å²) in [4.78, 5) is 11.2. The Morgan fingerprint density at radius 2 is 2.07 bits per heavy atom. The van der Waals surface area contributed by atoms with Crippen LogP contribution in [-0.4, -0.2) is 19.2 Å². The van der Waals surface area contributed by atoms with Crippen LogP contribution in [0.5, 0.6) is 0 Å². The number of carbonyl (C=O) groups excluding carboxylic acids is 1. The number of hydrogen-bond acceptors (Lipinski definition) is 3. The van der Waals surface area contributed by atoms with Crippen molar-refractivity contribution >= 4 is 5.97 Å². The van der Waals surface area contributed by atoms with Crippen LogP contribution in [0, 0.1) is 0 Å². The third kappa shape index (κ3) is 1.30. The Morgan fingerprint density at radius 3 is 2.64 bits per heavy atom. The summed E-state index contributed by atoms with van der Waals surface area (Å²) in [6.07, 6.45) is -0.449. The molecule has 2 unspecified atom stereocenters. The molecule has 0 aliphatic carbocycles. The van der Waals surface area contributed by atoms with Crippen molar-refractivity contribution in [2.45, 2.75) is 18.6 Å². The van der Waals surface area contributed by atoms with Gasteiger partial charge in [0.15, 0.2) is 6.10 Å². The molecule has 74 valence electrons. The largest absolute Gasteiger partial charge is 0.467 e. The zero-order valence-corrected chi connectivity index (χ0v) is 8.19. The normalized spacial score (nSPS) is 29.7. The number of rotatable bonds is 2. The Kier molecular flexibility index (Phi) is 2.04. The van der Waals surface area contributed by atoms with E-state index in [-0.39, 0.29) is 5.97 Å². The fraction of sp³-hybridized carbons (Fsp3) is 0.364. The van der Waals surface area contributed by atoms with Gasteiger partial charge in [-0.25, -0.2) is 4.79 Å². The van der Waals surface area contributed by atoms with Crippen LogP contribution in [0.4, 0.5) is 0 Å². The molecule has 0 bridgehead atoms. The lowest BCUT2D eigenvalue weighted by atomic mass is 9.98. The van der Waals surface area contributed by atoms with Crippen LogP contribution in [0.1, 0.15) is 12.5 Å². The average Bonchev–Trinajstić information content (AvgIpc) is 2.93. The molecule has 1 saturated heterocycles. The molecular weight excluding hydrogens is 180 g/mol. The van der Waals surface area contributed by atoms with Crippen molar-refractivity contribution < 1.29 is 14.3 Å². The molecule has 3 heteroatoms. The van der Waals surface area contributed by atoms with Crippen molar-refractivity contribution in [3.63, 3.8) is 0 Å². The Morgan fingerprint density at radius 1 is 1.43 bits per heavy atom. The molecule has 0 radical (unpaired) electrons. The fourth-order valence-electron chi connectivity index (χ4n) is 1.58. The maximum Gasteiger partial charge on any atom is 0.338 e. The minimum absolute atomic E-state index is 0.309. The zero-order valence-electron chi connectivity index (χ0n) is 8.19. The van der Waals surface area contributed by atoms with Gasteiger partial charge >= 0.3 is 5.97 Å². The summed E-state index contributed by atoms with van der Waals surface area (Å²) in [5.74, 6) is -0.309. The Bertz CT molecular complexity index is 347. The topological polar surface area (TPSA) is 38.8 Å². The van der Waals surface area contributed by atoms with Crippen LogP contribution >= 0.6 is 0 Å². The van der Waals surface area contributed by atoms with Crippen molar-refractivity contribution in [1.29, 1.82) is 0 Å². The van der Waals surface area contributed by atoms with Crippen LogP contribution in [0.2, 0.25) is 0 Å². The van der Waals surface area contributed by atoms with Crippen LogP contribution in [0.3, 0.4) is 0 Å². The zero-order chi connectivity index (χ0) is 10.2. The van der Waals surface area contributed by atoms with E-state index < -0.39 is 11.7 Å². The molecule has 2 atom stereocenters. The first-order chi connectivity index (χ1) is 6.68. The van der Waals surface area contributed by atoms with E-state index in [9.17, 15) is 4.79 Å². The van der Waals surface area contributed by atoms with E-state index in [2.05, 4.69) is 4.74 Å². The molecule has 1 aliphatic rings. The number of epoxide rings is 1. The van der Waals surface area contributed by atoms with Gasteiger partial charge in [-0.1, -0.05) is 30.3 Å². The Balaban J connectivity index is 2.19. The third-order valence-corrected chi connectivity index (χ3v) is 2.57. The summed E-state index contributed by atoms with van der Waals surface area (Å²) in [5.41, 5.74) is 0.518. The highest BCUT2D eigenvalue weighted by atomic mass is 16.6. The molecule has 2 rings (SSSR count). The van der Waals surface area contributed by atoms with Crippen molar-refractivity contribution in [2.75, 3.05) is 7.11 Å². The van der Waals surface area contributed by atoms with Crippen LogP contribution in [-0.2, 0) is 19.9 Å². The molecule has 14 heavy (non-hydrogen) atoms. The predicted molar refractivity (Wildman–Crippen MR) is 50.7 cm³/mol. The number of hydrogen-bond donors (Lipinski definition) is 0. The lowest BCUT2D eigenvalue weighted by molar-refractivity contribution is -0.142. The first-order valence-corrected chi connectivity index (χ1v) is 4.49. The number of methoxy groups -OCH3 is 1. The van der Waals surface area contributed by atoms with Crippen LogP contribution < -0.4 is 0 Å². The van der Waals surface area contributed by atoms with Gasteiger partial charge < -0.3 is 9.47 Å². The van der Waals surface area contributed by atoms with E-state index in [4.69, 9.17) is 4.74 Å². The number of benzene rings is 1. The smallest absolute Gasteiger partial charge is 0.338 e. The van der Waals surface area contributed by atoms with E-state index in [1.54, 1.807) is 0 Å². The quantitative estimate of drug-likeness (QED) is 0.526. The van der Waals surface area contributed by atoms with Gasteiger partial charge in [-0.05, 0) is 12.5 Å². The van der Waals surface area contributed by atoms with E-state index in [1.165, 1.54) is 7.11 Å². The minimum atomic E-state index is -0.492. The molecule has 1 aliphatic heterocycles. The number of ether oxygens (including phenoxy) is 2. The lowest BCUT2D eigenvalue weighted by Crippen LogP contribution is -2.17.